The fraction of sp³-hybridized carbons (Fsp3) is 0.211. The van der Waals surface area contributed by atoms with E-state index in [0.717, 1.165) is 5.69 Å². The first-order valence-corrected chi connectivity index (χ1v) is 8.86. The lowest BCUT2D eigenvalue weighted by Gasteiger charge is -2.37. The molecule has 9 heteroatoms. The second-order valence-corrected chi connectivity index (χ2v) is 6.44. The number of carbonyl (C=O) groups is 1. The van der Waals surface area contributed by atoms with E-state index >= 15 is 0 Å². The standard InChI is InChI=1S/C19H18N6O3/c26-19(15-4-2-1-3-5-15)23-10-8-22(9-11-23)17-7-6-16(25(27)28)12-18(17)24-13-20-21-14-24/h1-7,12-14H,8-11H2. The number of hydrogen-bond donors (Lipinski definition) is 0. The van der Waals surface area contributed by atoms with Crippen LogP contribution in [0.3, 0.4) is 0 Å². The molecule has 1 aliphatic rings. The number of non-ortho nitro benzene ring substituents is 1. The SMILES string of the molecule is O=C(c1ccccc1)N1CCN(c2ccc([N+](=O)[O-])cc2-n2cnnc2)CC1. The zero-order chi connectivity index (χ0) is 19.5. The monoisotopic (exact) mass is 378 g/mol. The van der Waals surface area contributed by atoms with Crippen LogP contribution >= 0.6 is 0 Å². The van der Waals surface area contributed by atoms with Crippen LogP contribution in [0.4, 0.5) is 11.4 Å². The molecule has 0 unspecified atom stereocenters. The number of rotatable bonds is 4. The predicted molar refractivity (Wildman–Crippen MR) is 103 cm³/mol. The zero-order valence-electron chi connectivity index (χ0n) is 15.0. The first-order valence-electron chi connectivity index (χ1n) is 8.86. The van der Waals surface area contributed by atoms with E-state index < -0.39 is 4.92 Å². The van der Waals surface area contributed by atoms with Gasteiger partial charge >= 0.3 is 0 Å². The maximum absolute atomic E-state index is 12.6. The van der Waals surface area contributed by atoms with E-state index in [9.17, 15) is 14.9 Å². The Morgan fingerprint density at radius 3 is 2.25 bits per heavy atom. The molecule has 1 fully saturated rings. The van der Waals surface area contributed by atoms with Gasteiger partial charge in [-0.3, -0.25) is 19.5 Å². The molecule has 0 N–H and O–H groups in total. The number of carbonyl (C=O) groups excluding carboxylic acids is 1. The molecule has 2 aromatic carbocycles. The highest BCUT2D eigenvalue weighted by Crippen LogP contribution is 2.29. The van der Waals surface area contributed by atoms with Crippen molar-refractivity contribution in [3.05, 3.63) is 76.9 Å². The minimum atomic E-state index is -0.423. The summed E-state index contributed by atoms with van der Waals surface area (Å²) in [6, 6.07) is 14.0. The van der Waals surface area contributed by atoms with Crippen molar-refractivity contribution >= 4 is 17.3 Å². The van der Waals surface area contributed by atoms with E-state index in [2.05, 4.69) is 15.1 Å². The summed E-state index contributed by atoms with van der Waals surface area (Å²) in [6.45, 7) is 2.41. The van der Waals surface area contributed by atoms with Crippen LogP contribution in [0.2, 0.25) is 0 Å². The van der Waals surface area contributed by atoms with Crippen LogP contribution < -0.4 is 4.90 Å². The topological polar surface area (TPSA) is 97.4 Å². The van der Waals surface area contributed by atoms with Crippen molar-refractivity contribution in [2.45, 2.75) is 0 Å². The van der Waals surface area contributed by atoms with Crippen molar-refractivity contribution in [2.24, 2.45) is 0 Å². The van der Waals surface area contributed by atoms with Crippen molar-refractivity contribution in [1.82, 2.24) is 19.7 Å². The number of nitro groups is 1. The minimum Gasteiger partial charge on any atom is -0.366 e. The Hall–Kier alpha value is -3.75. The summed E-state index contributed by atoms with van der Waals surface area (Å²) in [7, 11) is 0. The molecule has 142 valence electrons. The third-order valence-corrected chi connectivity index (χ3v) is 4.80. The van der Waals surface area contributed by atoms with Gasteiger partial charge in [-0.15, -0.1) is 10.2 Å². The summed E-state index contributed by atoms with van der Waals surface area (Å²) in [6.07, 6.45) is 3.02. The molecule has 28 heavy (non-hydrogen) atoms. The molecule has 1 aromatic heterocycles. The average molecular weight is 378 g/mol. The number of aromatic nitrogens is 3. The fourth-order valence-electron chi connectivity index (χ4n) is 3.34. The highest BCUT2D eigenvalue weighted by atomic mass is 16.6. The minimum absolute atomic E-state index is 0.00495. The van der Waals surface area contributed by atoms with Gasteiger partial charge in [-0.2, -0.15) is 0 Å². The quantitative estimate of drug-likeness (QED) is 0.510. The summed E-state index contributed by atoms with van der Waals surface area (Å²) in [5, 5.41) is 18.8. The van der Waals surface area contributed by atoms with Crippen molar-refractivity contribution in [3.63, 3.8) is 0 Å². The Balaban J connectivity index is 1.55. The smallest absolute Gasteiger partial charge is 0.271 e. The molecule has 1 amide bonds. The first-order chi connectivity index (χ1) is 13.6. The number of anilines is 1. The Morgan fingerprint density at radius 2 is 1.61 bits per heavy atom. The van der Waals surface area contributed by atoms with E-state index in [-0.39, 0.29) is 11.6 Å². The third kappa shape index (κ3) is 3.41. The van der Waals surface area contributed by atoms with Gasteiger partial charge in [0.25, 0.3) is 11.6 Å². The highest BCUT2D eigenvalue weighted by Gasteiger charge is 2.24. The molecular weight excluding hydrogens is 360 g/mol. The molecular formula is C19H18N6O3. The van der Waals surface area contributed by atoms with Gasteiger partial charge in [0.1, 0.15) is 12.7 Å². The molecule has 9 nitrogen and oxygen atoms in total. The number of nitro benzene ring substituents is 1. The fourth-order valence-corrected chi connectivity index (χ4v) is 3.34. The van der Waals surface area contributed by atoms with Crippen LogP contribution in [0.1, 0.15) is 10.4 Å². The van der Waals surface area contributed by atoms with E-state index in [0.29, 0.717) is 37.4 Å². The van der Waals surface area contributed by atoms with E-state index in [1.54, 1.807) is 10.6 Å². The van der Waals surface area contributed by atoms with Gasteiger partial charge < -0.3 is 9.80 Å². The maximum atomic E-state index is 12.6. The Kier molecular flexibility index (Phi) is 4.71. The average Bonchev–Trinajstić information content (AvgIpc) is 3.28. The second-order valence-electron chi connectivity index (χ2n) is 6.44. The van der Waals surface area contributed by atoms with E-state index in [1.165, 1.54) is 24.8 Å². The zero-order valence-corrected chi connectivity index (χ0v) is 15.0. The normalized spacial score (nSPS) is 14.1. The van der Waals surface area contributed by atoms with Crippen LogP contribution in [0.25, 0.3) is 5.69 Å². The van der Waals surface area contributed by atoms with Crippen LogP contribution in [0, 0.1) is 10.1 Å². The first kappa shape index (κ1) is 17.7. The van der Waals surface area contributed by atoms with Crippen LogP contribution in [-0.4, -0.2) is 56.7 Å². The molecule has 1 aliphatic heterocycles. The summed E-state index contributed by atoms with van der Waals surface area (Å²) in [5.74, 6) is 0.0167. The summed E-state index contributed by atoms with van der Waals surface area (Å²) >= 11 is 0. The summed E-state index contributed by atoms with van der Waals surface area (Å²) in [5.41, 5.74) is 2.17. The van der Waals surface area contributed by atoms with Gasteiger partial charge in [-0.25, -0.2) is 0 Å². The van der Waals surface area contributed by atoms with Crippen molar-refractivity contribution in [1.29, 1.82) is 0 Å². The van der Waals surface area contributed by atoms with Crippen molar-refractivity contribution < 1.29 is 9.72 Å². The van der Waals surface area contributed by atoms with Crippen molar-refractivity contribution in [2.75, 3.05) is 31.1 Å². The predicted octanol–water partition coefficient (Wildman–Crippen LogP) is 2.14. The maximum Gasteiger partial charge on any atom is 0.271 e. The molecule has 0 bridgehead atoms. The Labute approximate surface area is 161 Å². The molecule has 0 aliphatic carbocycles. The molecule has 0 atom stereocenters. The molecule has 0 radical (unpaired) electrons. The summed E-state index contributed by atoms with van der Waals surface area (Å²) in [4.78, 5) is 27.3. The lowest BCUT2D eigenvalue weighted by atomic mass is 10.1. The van der Waals surface area contributed by atoms with Crippen molar-refractivity contribution in [3.8, 4) is 5.69 Å². The van der Waals surface area contributed by atoms with Gasteiger partial charge in [0, 0.05) is 43.9 Å². The number of nitrogens with zero attached hydrogens (tertiary/aromatic N) is 6. The highest BCUT2D eigenvalue weighted by molar-refractivity contribution is 5.94. The number of hydrogen-bond acceptors (Lipinski definition) is 6. The molecule has 1 saturated heterocycles. The molecule has 3 aromatic rings. The number of piperazine rings is 1. The van der Waals surface area contributed by atoms with Gasteiger partial charge in [0.15, 0.2) is 0 Å². The Bertz CT molecular complexity index is 982. The third-order valence-electron chi connectivity index (χ3n) is 4.80. The largest absolute Gasteiger partial charge is 0.366 e. The lowest BCUT2D eigenvalue weighted by Crippen LogP contribution is -2.49. The van der Waals surface area contributed by atoms with Gasteiger partial charge in [-0.1, -0.05) is 18.2 Å². The van der Waals surface area contributed by atoms with E-state index in [4.69, 9.17) is 0 Å². The lowest BCUT2D eigenvalue weighted by molar-refractivity contribution is -0.384. The van der Waals surface area contributed by atoms with Gasteiger partial charge in [0.05, 0.1) is 16.3 Å². The number of amides is 1. The molecule has 4 rings (SSSR count). The van der Waals surface area contributed by atoms with E-state index in [1.807, 2.05) is 35.2 Å². The number of benzene rings is 2. The van der Waals surface area contributed by atoms with Gasteiger partial charge in [0.2, 0.25) is 0 Å². The second kappa shape index (κ2) is 7.47. The Morgan fingerprint density at radius 1 is 0.929 bits per heavy atom. The summed E-state index contributed by atoms with van der Waals surface area (Å²) < 4.78 is 1.66. The van der Waals surface area contributed by atoms with Gasteiger partial charge in [-0.05, 0) is 18.2 Å². The molecule has 0 saturated carbocycles. The molecule has 0 spiro atoms. The van der Waals surface area contributed by atoms with Crippen LogP contribution in [0.5, 0.6) is 0 Å². The van der Waals surface area contributed by atoms with Crippen LogP contribution in [0.15, 0.2) is 61.2 Å². The van der Waals surface area contributed by atoms with Crippen LogP contribution in [-0.2, 0) is 0 Å². The molecule has 2 heterocycles.